The summed E-state index contributed by atoms with van der Waals surface area (Å²) in [6.45, 7) is 3.69. The molecule has 0 heterocycles. The highest BCUT2D eigenvalue weighted by molar-refractivity contribution is 7.92. The summed E-state index contributed by atoms with van der Waals surface area (Å²) in [4.78, 5) is 12.8. The Labute approximate surface area is 183 Å². The molecular formula is C24H26N2O4S. The van der Waals surface area contributed by atoms with Crippen molar-refractivity contribution in [3.8, 4) is 11.5 Å². The number of nitrogens with one attached hydrogen (secondary N) is 1. The van der Waals surface area contributed by atoms with Gasteiger partial charge in [-0.1, -0.05) is 62.4 Å². The highest BCUT2D eigenvalue weighted by atomic mass is 32.2. The van der Waals surface area contributed by atoms with E-state index >= 15 is 0 Å². The SMILES string of the molecule is CC(C)c1ccccc1NC(=O)CN(c1ccccc1Oc1ccccc1)S(C)(=O)=O. The first kappa shape index (κ1) is 22.4. The lowest BCUT2D eigenvalue weighted by Crippen LogP contribution is -2.37. The van der Waals surface area contributed by atoms with Gasteiger partial charge in [-0.15, -0.1) is 0 Å². The molecule has 0 spiro atoms. The maximum atomic E-state index is 12.8. The van der Waals surface area contributed by atoms with Crippen molar-refractivity contribution in [2.24, 2.45) is 0 Å². The van der Waals surface area contributed by atoms with E-state index in [0.717, 1.165) is 16.1 Å². The lowest BCUT2D eigenvalue weighted by Gasteiger charge is -2.24. The predicted octanol–water partition coefficient (Wildman–Crippen LogP) is 5.01. The van der Waals surface area contributed by atoms with Crippen LogP contribution in [0.1, 0.15) is 25.3 Å². The molecule has 0 unspecified atom stereocenters. The summed E-state index contributed by atoms with van der Waals surface area (Å²) in [5.74, 6) is 0.684. The molecule has 31 heavy (non-hydrogen) atoms. The van der Waals surface area contributed by atoms with Crippen molar-refractivity contribution in [3.05, 3.63) is 84.4 Å². The van der Waals surface area contributed by atoms with Gasteiger partial charge in [0.2, 0.25) is 15.9 Å². The van der Waals surface area contributed by atoms with E-state index in [4.69, 9.17) is 4.74 Å². The zero-order chi connectivity index (χ0) is 22.4. The minimum Gasteiger partial charge on any atom is -0.455 e. The van der Waals surface area contributed by atoms with Gasteiger partial charge >= 0.3 is 0 Å². The van der Waals surface area contributed by atoms with Crippen LogP contribution in [-0.2, 0) is 14.8 Å². The molecule has 0 saturated carbocycles. The second-order valence-electron chi connectivity index (χ2n) is 7.44. The molecule has 0 atom stereocenters. The van der Waals surface area contributed by atoms with Gasteiger partial charge in [-0.2, -0.15) is 0 Å². The zero-order valence-electron chi connectivity index (χ0n) is 17.8. The molecule has 1 N–H and O–H groups in total. The first-order valence-electron chi connectivity index (χ1n) is 9.94. The number of benzene rings is 3. The average Bonchev–Trinajstić information content (AvgIpc) is 2.73. The van der Waals surface area contributed by atoms with Crippen LogP contribution in [0.25, 0.3) is 0 Å². The monoisotopic (exact) mass is 438 g/mol. The van der Waals surface area contributed by atoms with Crippen molar-refractivity contribution in [1.82, 2.24) is 0 Å². The van der Waals surface area contributed by atoms with Crippen LogP contribution in [0.4, 0.5) is 11.4 Å². The van der Waals surface area contributed by atoms with Crippen molar-refractivity contribution in [3.63, 3.8) is 0 Å². The Morgan fingerprint density at radius 3 is 2.23 bits per heavy atom. The first-order valence-corrected chi connectivity index (χ1v) is 11.8. The third kappa shape index (κ3) is 5.86. The molecule has 0 aliphatic carbocycles. The third-order valence-corrected chi connectivity index (χ3v) is 5.78. The van der Waals surface area contributed by atoms with Gasteiger partial charge < -0.3 is 10.1 Å². The van der Waals surface area contributed by atoms with Crippen LogP contribution >= 0.6 is 0 Å². The average molecular weight is 439 g/mol. The van der Waals surface area contributed by atoms with E-state index < -0.39 is 15.9 Å². The van der Waals surface area contributed by atoms with Crippen molar-refractivity contribution in [2.75, 3.05) is 22.4 Å². The van der Waals surface area contributed by atoms with Crippen LogP contribution in [0, 0.1) is 0 Å². The van der Waals surface area contributed by atoms with E-state index in [1.807, 2.05) is 56.3 Å². The second-order valence-corrected chi connectivity index (χ2v) is 9.35. The van der Waals surface area contributed by atoms with Crippen LogP contribution in [0.3, 0.4) is 0 Å². The van der Waals surface area contributed by atoms with Crippen LogP contribution in [0.2, 0.25) is 0 Å². The molecule has 3 aromatic rings. The van der Waals surface area contributed by atoms with Gasteiger partial charge in [0.05, 0.1) is 11.9 Å². The molecule has 3 rings (SSSR count). The Morgan fingerprint density at radius 2 is 1.55 bits per heavy atom. The molecule has 0 aromatic heterocycles. The number of hydrogen-bond acceptors (Lipinski definition) is 4. The Kier molecular flexibility index (Phi) is 6.97. The van der Waals surface area contributed by atoms with Crippen LogP contribution in [0.15, 0.2) is 78.9 Å². The quantitative estimate of drug-likeness (QED) is 0.537. The highest BCUT2D eigenvalue weighted by Gasteiger charge is 2.24. The van der Waals surface area contributed by atoms with E-state index in [-0.39, 0.29) is 12.5 Å². The zero-order valence-corrected chi connectivity index (χ0v) is 18.6. The molecule has 162 valence electrons. The number of sulfonamides is 1. The number of carbonyl (C=O) groups is 1. The van der Waals surface area contributed by atoms with Crippen LogP contribution < -0.4 is 14.4 Å². The largest absolute Gasteiger partial charge is 0.455 e. The Morgan fingerprint density at radius 1 is 0.935 bits per heavy atom. The second kappa shape index (κ2) is 9.66. The van der Waals surface area contributed by atoms with E-state index in [0.29, 0.717) is 22.9 Å². The Hall–Kier alpha value is -3.32. The summed E-state index contributed by atoms with van der Waals surface area (Å²) in [6, 6.07) is 23.3. The molecule has 0 fully saturated rings. The van der Waals surface area contributed by atoms with Gasteiger partial charge in [-0.25, -0.2) is 8.42 Å². The van der Waals surface area contributed by atoms with Crippen molar-refractivity contribution >= 4 is 27.3 Å². The van der Waals surface area contributed by atoms with E-state index in [9.17, 15) is 13.2 Å². The lowest BCUT2D eigenvalue weighted by molar-refractivity contribution is -0.114. The number of para-hydroxylation sites is 4. The Bertz CT molecular complexity index is 1150. The highest BCUT2D eigenvalue weighted by Crippen LogP contribution is 2.33. The van der Waals surface area contributed by atoms with Crippen molar-refractivity contribution in [1.29, 1.82) is 0 Å². The summed E-state index contributed by atoms with van der Waals surface area (Å²) in [6.07, 6.45) is 1.07. The molecule has 0 aliphatic rings. The maximum Gasteiger partial charge on any atom is 0.245 e. The van der Waals surface area contributed by atoms with Crippen molar-refractivity contribution in [2.45, 2.75) is 19.8 Å². The number of ether oxygens (including phenoxy) is 1. The third-order valence-electron chi connectivity index (χ3n) is 4.65. The molecule has 3 aromatic carbocycles. The number of rotatable bonds is 8. The molecular weight excluding hydrogens is 412 g/mol. The fraction of sp³-hybridized carbons (Fsp3) is 0.208. The normalized spacial score (nSPS) is 11.2. The minimum atomic E-state index is -3.75. The molecule has 0 radical (unpaired) electrons. The molecule has 7 heteroatoms. The smallest absolute Gasteiger partial charge is 0.245 e. The van der Waals surface area contributed by atoms with E-state index in [1.165, 1.54) is 0 Å². The van der Waals surface area contributed by atoms with Crippen LogP contribution in [-0.4, -0.2) is 27.1 Å². The number of nitrogens with zero attached hydrogens (tertiary/aromatic N) is 1. The Balaban J connectivity index is 1.88. The number of carbonyl (C=O) groups excluding carboxylic acids is 1. The fourth-order valence-corrected chi connectivity index (χ4v) is 4.04. The lowest BCUT2D eigenvalue weighted by atomic mass is 10.0. The van der Waals surface area contributed by atoms with E-state index in [1.54, 1.807) is 36.4 Å². The van der Waals surface area contributed by atoms with Gasteiger partial charge in [-0.05, 0) is 41.8 Å². The molecule has 0 saturated heterocycles. The predicted molar refractivity (Wildman–Crippen MR) is 124 cm³/mol. The minimum absolute atomic E-state index is 0.211. The van der Waals surface area contributed by atoms with Gasteiger partial charge in [0.1, 0.15) is 12.3 Å². The van der Waals surface area contributed by atoms with Crippen molar-refractivity contribution < 1.29 is 17.9 Å². The molecule has 6 nitrogen and oxygen atoms in total. The number of hydrogen-bond donors (Lipinski definition) is 1. The van der Waals surface area contributed by atoms with Gasteiger partial charge in [0.15, 0.2) is 5.75 Å². The van der Waals surface area contributed by atoms with E-state index in [2.05, 4.69) is 5.32 Å². The molecule has 0 bridgehead atoms. The van der Waals surface area contributed by atoms with Gasteiger partial charge in [0, 0.05) is 5.69 Å². The topological polar surface area (TPSA) is 75.7 Å². The van der Waals surface area contributed by atoms with Crippen LogP contribution in [0.5, 0.6) is 11.5 Å². The summed E-state index contributed by atoms with van der Waals surface area (Å²) in [5, 5.41) is 2.85. The molecule has 1 amide bonds. The van der Waals surface area contributed by atoms with Gasteiger partial charge in [-0.3, -0.25) is 9.10 Å². The standard InChI is InChI=1S/C24H26N2O4S/c1-18(2)20-13-7-8-14-21(20)25-24(27)17-26(31(3,28)29)22-15-9-10-16-23(22)30-19-11-5-4-6-12-19/h4-16,18H,17H2,1-3H3,(H,25,27). The first-order chi connectivity index (χ1) is 14.8. The summed E-state index contributed by atoms with van der Waals surface area (Å²) in [5.41, 5.74) is 1.94. The fourth-order valence-electron chi connectivity index (χ4n) is 3.18. The summed E-state index contributed by atoms with van der Waals surface area (Å²) in [7, 11) is -3.75. The van der Waals surface area contributed by atoms with Gasteiger partial charge in [0.25, 0.3) is 0 Å². The molecule has 0 aliphatic heterocycles. The maximum absolute atomic E-state index is 12.8. The summed E-state index contributed by atoms with van der Waals surface area (Å²) < 4.78 is 32.1. The number of anilines is 2. The number of amides is 1. The summed E-state index contributed by atoms with van der Waals surface area (Å²) >= 11 is 0.